The fourth-order valence-electron chi connectivity index (χ4n) is 4.70. The number of amides is 1. The number of sulfonamides is 1. The smallest absolute Gasteiger partial charge is 0.254 e. The van der Waals surface area contributed by atoms with E-state index in [0.29, 0.717) is 43.4 Å². The zero-order chi connectivity index (χ0) is 23.8. The Bertz CT molecular complexity index is 1160. The number of carbonyl (C=O) groups is 1. The fraction of sp³-hybridized carbons (Fsp3) is 0.478. The van der Waals surface area contributed by atoms with Crippen molar-refractivity contribution < 1.29 is 22.7 Å². The second kappa shape index (κ2) is 9.12. The van der Waals surface area contributed by atoms with E-state index in [2.05, 4.69) is 4.98 Å². The molecule has 2 aliphatic rings. The van der Waals surface area contributed by atoms with Gasteiger partial charge in [0.15, 0.2) is 0 Å². The minimum absolute atomic E-state index is 0.126. The van der Waals surface area contributed by atoms with Crippen LogP contribution >= 0.6 is 11.6 Å². The van der Waals surface area contributed by atoms with Gasteiger partial charge < -0.3 is 14.4 Å². The topological polar surface area (TPSA) is 89.0 Å². The Morgan fingerprint density at radius 3 is 2.42 bits per heavy atom. The number of rotatable bonds is 5. The van der Waals surface area contributed by atoms with Crippen LogP contribution in [0.3, 0.4) is 0 Å². The zero-order valence-corrected chi connectivity index (χ0v) is 20.6. The van der Waals surface area contributed by atoms with Gasteiger partial charge in [0, 0.05) is 37.8 Å². The number of likely N-dealkylation sites (tertiary alicyclic amines) is 1. The predicted octanol–water partition coefficient (Wildman–Crippen LogP) is 3.38. The van der Waals surface area contributed by atoms with Crippen molar-refractivity contribution in [1.82, 2.24) is 14.2 Å². The van der Waals surface area contributed by atoms with Gasteiger partial charge in [0.2, 0.25) is 15.9 Å². The Morgan fingerprint density at radius 1 is 1.06 bits per heavy atom. The minimum atomic E-state index is -3.67. The minimum Gasteiger partial charge on any atom is -0.495 e. The molecule has 1 amide bonds. The summed E-state index contributed by atoms with van der Waals surface area (Å²) < 4.78 is 38.8. The lowest BCUT2D eigenvalue weighted by Crippen LogP contribution is -2.44. The molecule has 2 aromatic rings. The highest BCUT2D eigenvalue weighted by Gasteiger charge is 2.45. The molecule has 2 fully saturated rings. The summed E-state index contributed by atoms with van der Waals surface area (Å²) in [6.07, 6.45) is 2.26. The van der Waals surface area contributed by atoms with E-state index in [-0.39, 0.29) is 21.4 Å². The number of piperidine rings is 1. The Morgan fingerprint density at radius 2 is 1.76 bits per heavy atom. The maximum atomic E-state index is 13.4. The van der Waals surface area contributed by atoms with Crippen LogP contribution in [0, 0.1) is 12.3 Å². The molecule has 0 bridgehead atoms. The van der Waals surface area contributed by atoms with Gasteiger partial charge in [-0.2, -0.15) is 4.31 Å². The van der Waals surface area contributed by atoms with Crippen molar-refractivity contribution in [3.05, 3.63) is 46.6 Å². The van der Waals surface area contributed by atoms with Crippen molar-refractivity contribution in [2.75, 3.05) is 40.4 Å². The van der Waals surface area contributed by atoms with Crippen LogP contribution in [0.2, 0.25) is 5.15 Å². The van der Waals surface area contributed by atoms with Crippen LogP contribution in [0.5, 0.6) is 11.6 Å². The van der Waals surface area contributed by atoms with E-state index in [9.17, 15) is 13.2 Å². The molecule has 4 rings (SSSR count). The number of methoxy groups -OCH3 is 2. The van der Waals surface area contributed by atoms with Crippen LogP contribution in [0.4, 0.5) is 0 Å². The number of aryl methyl sites for hydroxylation is 1. The highest BCUT2D eigenvalue weighted by Crippen LogP contribution is 2.43. The first-order valence-electron chi connectivity index (χ1n) is 10.8. The third kappa shape index (κ3) is 4.67. The van der Waals surface area contributed by atoms with E-state index >= 15 is 0 Å². The van der Waals surface area contributed by atoms with Crippen molar-refractivity contribution in [1.29, 1.82) is 0 Å². The number of pyridine rings is 1. The fourth-order valence-corrected chi connectivity index (χ4v) is 6.69. The lowest BCUT2D eigenvalue weighted by atomic mass is 9.78. The lowest BCUT2D eigenvalue weighted by molar-refractivity contribution is 0.0599. The number of ether oxygens (including phenoxy) is 2. The van der Waals surface area contributed by atoms with Gasteiger partial charge in [-0.05, 0) is 55.4 Å². The number of benzene rings is 1. The summed E-state index contributed by atoms with van der Waals surface area (Å²) in [5.41, 5.74) is 1.17. The van der Waals surface area contributed by atoms with Gasteiger partial charge >= 0.3 is 0 Å². The van der Waals surface area contributed by atoms with Gasteiger partial charge in [-0.3, -0.25) is 4.79 Å². The molecule has 178 valence electrons. The second-order valence-electron chi connectivity index (χ2n) is 8.76. The summed E-state index contributed by atoms with van der Waals surface area (Å²) in [4.78, 5) is 19.0. The van der Waals surface area contributed by atoms with Crippen LogP contribution in [0.15, 0.2) is 35.2 Å². The molecule has 33 heavy (non-hydrogen) atoms. The Balaban J connectivity index is 1.46. The summed E-state index contributed by atoms with van der Waals surface area (Å²) in [5, 5.41) is 0.203. The molecule has 0 radical (unpaired) electrons. The molecular formula is C23H28ClN3O5S. The quantitative estimate of drug-likeness (QED) is 0.593. The second-order valence-corrected chi connectivity index (χ2v) is 11.0. The number of halogens is 1. The van der Waals surface area contributed by atoms with Gasteiger partial charge in [-0.25, -0.2) is 13.4 Å². The van der Waals surface area contributed by atoms with E-state index < -0.39 is 10.0 Å². The van der Waals surface area contributed by atoms with Crippen LogP contribution < -0.4 is 9.47 Å². The molecule has 1 aromatic carbocycles. The first kappa shape index (κ1) is 23.8. The molecule has 0 saturated carbocycles. The van der Waals surface area contributed by atoms with E-state index in [1.54, 1.807) is 27.4 Å². The van der Waals surface area contributed by atoms with Crippen LogP contribution in [0.25, 0.3) is 0 Å². The lowest BCUT2D eigenvalue weighted by Gasteiger charge is -2.39. The summed E-state index contributed by atoms with van der Waals surface area (Å²) in [6.45, 7) is 3.89. The van der Waals surface area contributed by atoms with E-state index in [4.69, 9.17) is 21.1 Å². The molecule has 2 saturated heterocycles. The number of carbonyl (C=O) groups excluding carboxylic acids is 1. The van der Waals surface area contributed by atoms with E-state index in [1.807, 2.05) is 13.0 Å². The maximum Gasteiger partial charge on any atom is 0.254 e. The first-order chi connectivity index (χ1) is 15.7. The Labute approximate surface area is 199 Å². The van der Waals surface area contributed by atoms with Gasteiger partial charge in [0.25, 0.3) is 5.91 Å². The number of hydrogen-bond acceptors (Lipinski definition) is 6. The van der Waals surface area contributed by atoms with Crippen molar-refractivity contribution in [2.45, 2.75) is 31.1 Å². The van der Waals surface area contributed by atoms with Crippen LogP contribution in [-0.4, -0.2) is 68.9 Å². The molecule has 0 unspecified atom stereocenters. The van der Waals surface area contributed by atoms with Crippen LogP contribution in [-0.2, 0) is 10.0 Å². The van der Waals surface area contributed by atoms with Crippen molar-refractivity contribution >= 4 is 27.5 Å². The molecule has 8 nitrogen and oxygen atoms in total. The summed E-state index contributed by atoms with van der Waals surface area (Å²) >= 11 is 6.02. The van der Waals surface area contributed by atoms with Crippen LogP contribution in [0.1, 0.15) is 35.2 Å². The highest BCUT2D eigenvalue weighted by atomic mass is 35.5. The first-order valence-corrected chi connectivity index (χ1v) is 12.6. The van der Waals surface area contributed by atoms with Gasteiger partial charge in [-0.15, -0.1) is 0 Å². The summed E-state index contributed by atoms with van der Waals surface area (Å²) in [6, 6.07) is 8.31. The average molecular weight is 494 g/mol. The van der Waals surface area contributed by atoms with Crippen molar-refractivity contribution in [2.24, 2.45) is 5.41 Å². The molecule has 1 spiro atoms. The van der Waals surface area contributed by atoms with Crippen molar-refractivity contribution in [3.63, 3.8) is 0 Å². The van der Waals surface area contributed by atoms with Gasteiger partial charge in [0.1, 0.15) is 15.8 Å². The molecule has 0 N–H and O–H groups in total. The summed E-state index contributed by atoms with van der Waals surface area (Å²) in [5.74, 6) is 0.523. The SMILES string of the molecule is COc1cc(C(=O)N2CCC3(CC2)CCN(S(=O)(=O)c2cc(C)ccc2OC)C3)cc(Cl)n1. The van der Waals surface area contributed by atoms with Gasteiger partial charge in [0.05, 0.1) is 14.2 Å². The predicted molar refractivity (Wildman–Crippen MR) is 124 cm³/mol. The maximum absolute atomic E-state index is 13.4. The third-order valence-corrected chi connectivity index (χ3v) is 8.74. The third-order valence-electron chi connectivity index (χ3n) is 6.68. The molecule has 0 atom stereocenters. The van der Waals surface area contributed by atoms with E-state index in [0.717, 1.165) is 24.8 Å². The number of hydrogen-bond donors (Lipinski definition) is 0. The van der Waals surface area contributed by atoms with Crippen molar-refractivity contribution in [3.8, 4) is 11.6 Å². The van der Waals surface area contributed by atoms with E-state index in [1.165, 1.54) is 20.3 Å². The zero-order valence-electron chi connectivity index (χ0n) is 19.0. The molecule has 3 heterocycles. The molecule has 0 aliphatic carbocycles. The summed E-state index contributed by atoms with van der Waals surface area (Å²) in [7, 11) is -0.717. The molecule has 2 aliphatic heterocycles. The monoisotopic (exact) mass is 493 g/mol. The standard InChI is InChI=1S/C23H28ClN3O5S/c1-16-4-5-18(31-2)19(12-16)33(29,30)27-11-8-23(15-27)6-9-26(10-7-23)22(28)17-13-20(24)25-21(14-17)32-3/h4-5,12-14H,6-11,15H2,1-3H3. The highest BCUT2D eigenvalue weighted by molar-refractivity contribution is 7.89. The number of nitrogens with zero attached hydrogens (tertiary/aromatic N) is 3. The molecular weight excluding hydrogens is 466 g/mol. The normalized spacial score (nSPS) is 18.5. The Kier molecular flexibility index (Phi) is 6.57. The Hall–Kier alpha value is -2.36. The van der Waals surface area contributed by atoms with Gasteiger partial charge in [-0.1, -0.05) is 17.7 Å². The largest absolute Gasteiger partial charge is 0.495 e. The average Bonchev–Trinajstić information content (AvgIpc) is 3.23. The number of aromatic nitrogens is 1. The molecule has 10 heteroatoms. The molecule has 1 aromatic heterocycles.